The van der Waals surface area contributed by atoms with E-state index < -0.39 is 10.0 Å². The van der Waals surface area contributed by atoms with Gasteiger partial charge in [-0.3, -0.25) is 4.98 Å². The third-order valence-corrected chi connectivity index (χ3v) is 5.83. The lowest BCUT2D eigenvalue weighted by Crippen LogP contribution is -2.67. The van der Waals surface area contributed by atoms with Gasteiger partial charge in [-0.2, -0.15) is 4.31 Å². The molecule has 0 saturated carbocycles. The third-order valence-electron chi connectivity index (χ3n) is 4.05. The zero-order valence-electron chi connectivity index (χ0n) is 12.1. The summed E-state index contributed by atoms with van der Waals surface area (Å²) in [5.74, 6) is 0. The molecule has 21 heavy (non-hydrogen) atoms. The average Bonchev–Trinajstić information content (AvgIpc) is 2.46. The highest BCUT2D eigenvalue weighted by Crippen LogP contribution is 2.38. The molecule has 1 aromatic rings. The van der Waals surface area contributed by atoms with E-state index in [2.05, 4.69) is 4.98 Å². The maximum Gasteiger partial charge on any atom is 0.244 e. The van der Waals surface area contributed by atoms with Crippen molar-refractivity contribution in [2.24, 2.45) is 0 Å². The van der Waals surface area contributed by atoms with Crippen LogP contribution in [0.15, 0.2) is 29.4 Å². The monoisotopic (exact) mass is 312 g/mol. The Bertz CT molecular complexity index is 582. The molecule has 0 aromatic carbocycles. The molecule has 7 heteroatoms. The second-order valence-electron chi connectivity index (χ2n) is 5.56. The molecule has 1 spiro atoms. The van der Waals surface area contributed by atoms with E-state index in [1.807, 2.05) is 6.92 Å². The van der Waals surface area contributed by atoms with Gasteiger partial charge in [0.05, 0.1) is 11.7 Å². The summed E-state index contributed by atoms with van der Waals surface area (Å²) in [5, 5.41) is 0. The number of sulfonamides is 1. The van der Waals surface area contributed by atoms with Gasteiger partial charge in [-0.05, 0) is 25.5 Å². The highest BCUT2D eigenvalue weighted by Gasteiger charge is 2.52. The van der Waals surface area contributed by atoms with Crippen LogP contribution in [0.2, 0.25) is 0 Å². The van der Waals surface area contributed by atoms with E-state index in [-0.39, 0.29) is 16.6 Å². The Labute approximate surface area is 125 Å². The van der Waals surface area contributed by atoms with Gasteiger partial charge in [0, 0.05) is 45.1 Å². The number of nitrogens with zero attached hydrogens (tertiary/aromatic N) is 2. The molecular formula is C14H20N2O4S. The SMILES string of the molecule is CCO[C@H]1CCOC2(C1)CN(S(=O)(=O)c1cccnc1)C2. The molecule has 6 nitrogen and oxygen atoms in total. The van der Waals surface area contributed by atoms with Gasteiger partial charge in [0.2, 0.25) is 10.0 Å². The van der Waals surface area contributed by atoms with Gasteiger partial charge in [0.25, 0.3) is 0 Å². The van der Waals surface area contributed by atoms with Gasteiger partial charge in [0.1, 0.15) is 4.90 Å². The molecule has 0 aliphatic carbocycles. The van der Waals surface area contributed by atoms with E-state index in [4.69, 9.17) is 9.47 Å². The van der Waals surface area contributed by atoms with Crippen LogP contribution >= 0.6 is 0 Å². The molecule has 1 atom stereocenters. The highest BCUT2D eigenvalue weighted by molar-refractivity contribution is 7.89. The molecule has 0 N–H and O–H groups in total. The van der Waals surface area contributed by atoms with Gasteiger partial charge < -0.3 is 9.47 Å². The van der Waals surface area contributed by atoms with Crippen molar-refractivity contribution in [1.82, 2.24) is 9.29 Å². The maximum absolute atomic E-state index is 12.4. The van der Waals surface area contributed by atoms with E-state index in [9.17, 15) is 8.42 Å². The summed E-state index contributed by atoms with van der Waals surface area (Å²) in [6, 6.07) is 3.20. The summed E-state index contributed by atoms with van der Waals surface area (Å²) < 4.78 is 37.8. The normalized spacial score (nSPS) is 25.7. The molecule has 0 amide bonds. The average molecular weight is 312 g/mol. The van der Waals surface area contributed by atoms with Crippen molar-refractivity contribution in [2.45, 2.75) is 36.4 Å². The second-order valence-corrected chi connectivity index (χ2v) is 7.50. The van der Waals surface area contributed by atoms with Crippen LogP contribution < -0.4 is 0 Å². The fourth-order valence-corrected chi connectivity index (χ4v) is 4.55. The first kappa shape index (κ1) is 14.9. The maximum atomic E-state index is 12.4. The summed E-state index contributed by atoms with van der Waals surface area (Å²) in [5.41, 5.74) is -0.368. The Morgan fingerprint density at radius 1 is 1.52 bits per heavy atom. The fraction of sp³-hybridized carbons (Fsp3) is 0.643. The first-order chi connectivity index (χ1) is 10.1. The van der Waals surface area contributed by atoms with Gasteiger partial charge in [-0.1, -0.05) is 0 Å². The lowest BCUT2D eigenvalue weighted by atomic mass is 9.86. The van der Waals surface area contributed by atoms with Gasteiger partial charge in [0.15, 0.2) is 0 Å². The number of rotatable bonds is 4. The zero-order chi connectivity index (χ0) is 14.9. The van der Waals surface area contributed by atoms with Crippen LogP contribution in [0.25, 0.3) is 0 Å². The molecule has 0 unspecified atom stereocenters. The molecule has 3 heterocycles. The minimum atomic E-state index is -3.46. The van der Waals surface area contributed by atoms with Gasteiger partial charge in [-0.15, -0.1) is 0 Å². The van der Waals surface area contributed by atoms with Crippen LogP contribution in [0, 0.1) is 0 Å². The van der Waals surface area contributed by atoms with Crippen LogP contribution in [0.1, 0.15) is 19.8 Å². The molecule has 0 radical (unpaired) electrons. The Kier molecular flexibility index (Phi) is 4.00. The first-order valence-electron chi connectivity index (χ1n) is 7.21. The van der Waals surface area contributed by atoms with E-state index in [0.29, 0.717) is 26.3 Å². The Balaban J connectivity index is 1.67. The zero-order valence-corrected chi connectivity index (χ0v) is 12.9. The molecule has 2 aliphatic heterocycles. The number of pyridine rings is 1. The van der Waals surface area contributed by atoms with E-state index in [0.717, 1.165) is 12.8 Å². The predicted molar refractivity (Wildman–Crippen MR) is 76.3 cm³/mol. The molecule has 116 valence electrons. The Morgan fingerprint density at radius 2 is 2.33 bits per heavy atom. The number of ether oxygens (including phenoxy) is 2. The number of hydrogen-bond donors (Lipinski definition) is 0. The van der Waals surface area contributed by atoms with E-state index in [1.54, 1.807) is 18.3 Å². The minimum Gasteiger partial charge on any atom is -0.378 e. The molecule has 2 saturated heterocycles. The lowest BCUT2D eigenvalue weighted by molar-refractivity contribution is -0.177. The van der Waals surface area contributed by atoms with Crippen LogP contribution in [0.3, 0.4) is 0 Å². The van der Waals surface area contributed by atoms with Crippen molar-refractivity contribution in [3.8, 4) is 0 Å². The fourth-order valence-electron chi connectivity index (χ4n) is 3.00. The van der Waals surface area contributed by atoms with Gasteiger partial charge in [-0.25, -0.2) is 8.42 Å². The summed E-state index contributed by atoms with van der Waals surface area (Å²) in [7, 11) is -3.46. The summed E-state index contributed by atoms with van der Waals surface area (Å²) in [4.78, 5) is 4.11. The topological polar surface area (TPSA) is 68.7 Å². The summed E-state index contributed by atoms with van der Waals surface area (Å²) >= 11 is 0. The molecule has 1 aromatic heterocycles. The molecule has 2 fully saturated rings. The largest absolute Gasteiger partial charge is 0.378 e. The van der Waals surface area contributed by atoms with Crippen LogP contribution in [-0.2, 0) is 19.5 Å². The second kappa shape index (κ2) is 5.64. The minimum absolute atomic E-state index is 0.173. The molecule has 2 aliphatic rings. The predicted octanol–water partition coefficient (Wildman–Crippen LogP) is 1.04. The highest BCUT2D eigenvalue weighted by atomic mass is 32.2. The summed E-state index contributed by atoms with van der Waals surface area (Å²) in [6.07, 6.45) is 4.76. The number of hydrogen-bond acceptors (Lipinski definition) is 5. The Hall–Kier alpha value is -1.02. The molecule has 3 rings (SSSR count). The van der Waals surface area contributed by atoms with Crippen molar-refractivity contribution in [1.29, 1.82) is 0 Å². The quantitative estimate of drug-likeness (QED) is 0.831. The standard InChI is InChI=1S/C14H20N2O4S/c1-2-19-12-5-7-20-14(8-12)10-16(11-14)21(17,18)13-4-3-6-15-9-13/h3-4,6,9,12H,2,5,7-8,10-11H2,1H3/t12-/m0/s1. The van der Waals surface area contributed by atoms with Crippen molar-refractivity contribution >= 4 is 10.0 Å². The summed E-state index contributed by atoms with van der Waals surface area (Å²) in [6.45, 7) is 4.08. The Morgan fingerprint density at radius 3 is 3.00 bits per heavy atom. The van der Waals surface area contributed by atoms with Crippen molar-refractivity contribution in [3.63, 3.8) is 0 Å². The smallest absolute Gasteiger partial charge is 0.244 e. The van der Waals surface area contributed by atoms with Crippen molar-refractivity contribution < 1.29 is 17.9 Å². The van der Waals surface area contributed by atoms with E-state index in [1.165, 1.54) is 10.5 Å². The van der Waals surface area contributed by atoms with E-state index >= 15 is 0 Å². The van der Waals surface area contributed by atoms with Crippen LogP contribution in [-0.4, -0.2) is 55.7 Å². The molecular weight excluding hydrogens is 292 g/mol. The van der Waals surface area contributed by atoms with Gasteiger partial charge >= 0.3 is 0 Å². The van der Waals surface area contributed by atoms with Crippen molar-refractivity contribution in [2.75, 3.05) is 26.3 Å². The first-order valence-corrected chi connectivity index (χ1v) is 8.65. The van der Waals surface area contributed by atoms with Crippen LogP contribution in [0.4, 0.5) is 0 Å². The van der Waals surface area contributed by atoms with Crippen molar-refractivity contribution in [3.05, 3.63) is 24.5 Å². The number of aromatic nitrogens is 1. The van der Waals surface area contributed by atoms with Crippen LogP contribution in [0.5, 0.6) is 0 Å². The third kappa shape index (κ3) is 2.83. The lowest BCUT2D eigenvalue weighted by Gasteiger charge is -2.52. The molecule has 0 bridgehead atoms.